The summed E-state index contributed by atoms with van der Waals surface area (Å²) in [6.07, 6.45) is 7.49. The highest BCUT2D eigenvalue weighted by molar-refractivity contribution is 5.69. The third-order valence-electron chi connectivity index (χ3n) is 14.3. The number of fused-ring (bicyclic) bond motifs is 5. The molecule has 4 aliphatic rings. The van der Waals surface area contributed by atoms with Crippen LogP contribution in [0.2, 0.25) is 0 Å². The fourth-order valence-electron chi connectivity index (χ4n) is 11.6. The third-order valence-corrected chi connectivity index (χ3v) is 14.3. The molecule has 0 aliphatic heterocycles. The van der Waals surface area contributed by atoms with Crippen LogP contribution in [0.4, 0.5) is 0 Å². The van der Waals surface area contributed by atoms with Crippen LogP contribution in [0.15, 0.2) is 52.1 Å². The van der Waals surface area contributed by atoms with Gasteiger partial charge in [-0.05, 0) is 99.0 Å². The fraction of sp³-hybridized carbons (Fsp3) is 0.725. The number of aliphatic hydroxyl groups excluding tert-OH is 2. The van der Waals surface area contributed by atoms with Crippen molar-refractivity contribution < 1.29 is 29.6 Å². The molecular weight excluding hydrogens is 650 g/mol. The number of aromatic nitrogens is 3. The highest BCUT2D eigenvalue weighted by Crippen LogP contribution is 2.72. The van der Waals surface area contributed by atoms with Crippen molar-refractivity contribution in [3.05, 3.63) is 63.5 Å². The van der Waals surface area contributed by atoms with E-state index in [2.05, 4.69) is 44.9 Å². The molecule has 1 aromatic carbocycles. The number of hydrogen-bond acceptors (Lipinski definition) is 8. The molecule has 51 heavy (non-hydrogen) atoms. The maximum Gasteiger partial charge on any atom is 0.352 e. The number of benzene rings is 1. The number of allylic oxidation sites excluding steroid dienone is 2. The van der Waals surface area contributed by atoms with E-state index in [0.29, 0.717) is 30.4 Å². The van der Waals surface area contributed by atoms with Crippen molar-refractivity contribution in [2.75, 3.05) is 13.7 Å². The van der Waals surface area contributed by atoms with Crippen LogP contribution < -0.4 is 11.4 Å². The number of nitrogens with zero attached hydrogens (tertiary/aromatic N) is 2. The zero-order valence-corrected chi connectivity index (χ0v) is 31.4. The second-order valence-corrected chi connectivity index (χ2v) is 17.5. The van der Waals surface area contributed by atoms with E-state index in [-0.39, 0.29) is 30.3 Å². The van der Waals surface area contributed by atoms with Gasteiger partial charge in [0.15, 0.2) is 0 Å². The van der Waals surface area contributed by atoms with Gasteiger partial charge in [-0.3, -0.25) is 4.79 Å². The molecule has 0 spiro atoms. The molecule has 3 saturated carbocycles. The molecule has 0 amide bonds. The molecule has 1 aromatic heterocycles. The fourth-order valence-corrected chi connectivity index (χ4v) is 11.6. The zero-order chi connectivity index (χ0) is 37.1. The van der Waals surface area contributed by atoms with Gasteiger partial charge in [-0.15, -0.1) is 0 Å². The van der Waals surface area contributed by atoms with Gasteiger partial charge in [0.05, 0.1) is 49.2 Å². The van der Waals surface area contributed by atoms with Gasteiger partial charge < -0.3 is 24.8 Å². The van der Waals surface area contributed by atoms with Gasteiger partial charge in [0.1, 0.15) is 6.10 Å². The SMILES string of the molecule is COC(=O)CCOC1C(O)CC2(C)C=CC3(n4[nH]c(=O)n(-c5ccccc5)c4=O)C4CCC(C(C)CCCC(C)(C)O)C4(C)CCC3C2(C)C1O. The first-order valence-corrected chi connectivity index (χ1v) is 18.9. The summed E-state index contributed by atoms with van der Waals surface area (Å²) in [7, 11) is 1.31. The molecule has 0 bridgehead atoms. The van der Waals surface area contributed by atoms with E-state index >= 15 is 0 Å². The molecular formula is C40H59N3O8. The van der Waals surface area contributed by atoms with E-state index in [0.717, 1.165) is 38.5 Å². The molecule has 3 fully saturated rings. The highest BCUT2D eigenvalue weighted by atomic mass is 16.5. The topological polar surface area (TPSA) is 156 Å². The van der Waals surface area contributed by atoms with Gasteiger partial charge in [-0.1, -0.05) is 70.9 Å². The lowest BCUT2D eigenvalue weighted by Gasteiger charge is -2.68. The molecule has 1 heterocycles. The van der Waals surface area contributed by atoms with Gasteiger partial charge in [-0.25, -0.2) is 23.9 Å². The van der Waals surface area contributed by atoms with Crippen molar-refractivity contribution in [3.63, 3.8) is 0 Å². The predicted molar refractivity (Wildman–Crippen MR) is 193 cm³/mol. The summed E-state index contributed by atoms with van der Waals surface area (Å²) < 4.78 is 13.7. The molecule has 0 saturated heterocycles. The number of H-pyrrole nitrogens is 1. The first kappa shape index (κ1) is 37.8. The van der Waals surface area contributed by atoms with E-state index in [1.54, 1.807) is 28.9 Å². The minimum Gasteiger partial charge on any atom is -0.469 e. The van der Waals surface area contributed by atoms with E-state index in [4.69, 9.17) is 9.47 Å². The largest absolute Gasteiger partial charge is 0.469 e. The molecule has 282 valence electrons. The number of carbonyl (C=O) groups is 1. The number of esters is 1. The number of aromatic amines is 1. The predicted octanol–water partition coefficient (Wildman–Crippen LogP) is 4.70. The number of nitrogens with one attached hydrogen (secondary N) is 1. The van der Waals surface area contributed by atoms with Gasteiger partial charge in [-0.2, -0.15) is 0 Å². The van der Waals surface area contributed by atoms with Gasteiger partial charge in [0.2, 0.25) is 0 Å². The summed E-state index contributed by atoms with van der Waals surface area (Å²) in [4.78, 5) is 40.4. The smallest absolute Gasteiger partial charge is 0.352 e. The Kier molecular flexibility index (Phi) is 9.96. The quantitative estimate of drug-likeness (QED) is 0.193. The van der Waals surface area contributed by atoms with Crippen LogP contribution in [0.5, 0.6) is 0 Å². The molecule has 6 rings (SSSR count). The van der Waals surface area contributed by atoms with Crippen LogP contribution in [0.3, 0.4) is 0 Å². The van der Waals surface area contributed by atoms with Crippen molar-refractivity contribution in [2.24, 2.45) is 39.9 Å². The Morgan fingerprint density at radius 2 is 1.76 bits per heavy atom. The maximum atomic E-state index is 14.7. The lowest BCUT2D eigenvalue weighted by Crippen LogP contribution is -2.72. The summed E-state index contributed by atoms with van der Waals surface area (Å²) in [5, 5.41) is 37.3. The molecule has 2 aromatic rings. The highest BCUT2D eigenvalue weighted by Gasteiger charge is 2.72. The van der Waals surface area contributed by atoms with Crippen LogP contribution in [0.1, 0.15) is 99.3 Å². The Morgan fingerprint density at radius 3 is 2.43 bits per heavy atom. The first-order chi connectivity index (χ1) is 23.9. The van der Waals surface area contributed by atoms with E-state index in [1.165, 1.54) is 11.7 Å². The number of ether oxygens (including phenoxy) is 2. The van der Waals surface area contributed by atoms with Crippen LogP contribution >= 0.6 is 0 Å². The Hall–Kier alpha value is -2.99. The van der Waals surface area contributed by atoms with Gasteiger partial charge in [0.25, 0.3) is 0 Å². The minimum absolute atomic E-state index is 0.00682. The Labute approximate surface area is 301 Å². The van der Waals surface area contributed by atoms with Gasteiger partial charge in [0, 0.05) is 5.41 Å². The van der Waals surface area contributed by atoms with Crippen molar-refractivity contribution >= 4 is 5.97 Å². The summed E-state index contributed by atoms with van der Waals surface area (Å²) in [5.41, 5.74) is -3.92. The molecule has 0 radical (unpaired) electrons. The van der Waals surface area contributed by atoms with Crippen molar-refractivity contribution in [1.82, 2.24) is 14.3 Å². The van der Waals surface area contributed by atoms with Crippen LogP contribution in [-0.2, 0) is 19.8 Å². The molecule has 11 atom stereocenters. The van der Waals surface area contributed by atoms with E-state index in [9.17, 15) is 29.7 Å². The zero-order valence-electron chi connectivity index (χ0n) is 31.4. The number of para-hydroxylation sites is 1. The number of hydrogen-bond donors (Lipinski definition) is 4. The molecule has 11 nitrogen and oxygen atoms in total. The second kappa shape index (κ2) is 13.5. The Bertz CT molecular complexity index is 1720. The van der Waals surface area contributed by atoms with E-state index in [1.807, 2.05) is 19.9 Å². The molecule has 11 heteroatoms. The average molecular weight is 710 g/mol. The maximum absolute atomic E-state index is 14.7. The monoisotopic (exact) mass is 709 g/mol. The first-order valence-electron chi connectivity index (χ1n) is 18.9. The molecule has 4 aliphatic carbocycles. The lowest BCUT2D eigenvalue weighted by molar-refractivity contribution is -0.249. The summed E-state index contributed by atoms with van der Waals surface area (Å²) in [5.74, 6) is -0.0365. The Balaban J connectivity index is 1.48. The van der Waals surface area contributed by atoms with Gasteiger partial charge >= 0.3 is 17.3 Å². The normalized spacial score (nSPS) is 38.1. The van der Waals surface area contributed by atoms with Crippen LogP contribution in [0.25, 0.3) is 5.69 Å². The average Bonchev–Trinajstić information content (AvgIpc) is 3.59. The number of carbonyl (C=O) groups excluding carboxylic acids is 1. The lowest BCUT2D eigenvalue weighted by atomic mass is 9.39. The minimum atomic E-state index is -1.14. The van der Waals surface area contributed by atoms with Crippen LogP contribution in [-0.4, -0.2) is 73.3 Å². The second-order valence-electron chi connectivity index (χ2n) is 17.5. The van der Waals surface area contributed by atoms with E-state index < -0.39 is 57.6 Å². The number of rotatable bonds is 11. The van der Waals surface area contributed by atoms with Crippen LogP contribution in [0, 0.1) is 39.9 Å². The summed E-state index contributed by atoms with van der Waals surface area (Å²) in [6, 6.07) is 8.94. The summed E-state index contributed by atoms with van der Waals surface area (Å²) >= 11 is 0. The summed E-state index contributed by atoms with van der Waals surface area (Å²) in [6.45, 7) is 12.5. The third kappa shape index (κ3) is 6.00. The van der Waals surface area contributed by atoms with Crippen molar-refractivity contribution in [2.45, 2.75) is 129 Å². The Morgan fingerprint density at radius 1 is 1.06 bits per heavy atom. The number of aliphatic hydroxyl groups is 3. The molecule has 11 unspecified atom stereocenters. The van der Waals surface area contributed by atoms with Crippen molar-refractivity contribution in [3.8, 4) is 5.69 Å². The van der Waals surface area contributed by atoms with Crippen molar-refractivity contribution in [1.29, 1.82) is 0 Å². The molecule has 4 N–H and O–H groups in total. The number of methoxy groups -OCH3 is 1. The standard InChI is InChI=1S/C40H59N3O8/c1-25(12-11-19-36(2,3)49)27-15-16-29-38(27,5)20-17-30-39(6)33(46)32(51-23-18-31(45)50-7)28(44)24-37(39,4)21-22-40(29,30)43-35(48)42(34(47)41-43)26-13-9-8-10-14-26/h8-10,13-14,21-22,25,27-30,32-33,44,46,49H,11-12,15-20,23-24H2,1-7H3,(H,41,47).